The molecule has 2 atom stereocenters. The molecule has 1 saturated heterocycles. The summed E-state index contributed by atoms with van der Waals surface area (Å²) in [6, 6.07) is 6.64. The van der Waals surface area contributed by atoms with Gasteiger partial charge >= 0.3 is 0 Å². The van der Waals surface area contributed by atoms with E-state index >= 15 is 0 Å². The highest BCUT2D eigenvalue weighted by Crippen LogP contribution is 2.36. The number of hydrogen-bond donors (Lipinski definition) is 0. The number of anilines is 1. The lowest BCUT2D eigenvalue weighted by Gasteiger charge is -2.35. The second kappa shape index (κ2) is 9.78. The van der Waals surface area contributed by atoms with E-state index in [0.29, 0.717) is 11.7 Å². The summed E-state index contributed by atoms with van der Waals surface area (Å²) in [4.78, 5) is 21.2. The van der Waals surface area contributed by atoms with Gasteiger partial charge in [-0.25, -0.2) is 4.39 Å². The highest BCUT2D eigenvalue weighted by molar-refractivity contribution is 8.14. The van der Waals surface area contributed by atoms with E-state index in [0.717, 1.165) is 18.0 Å². The van der Waals surface area contributed by atoms with Gasteiger partial charge in [-0.3, -0.25) is 14.7 Å². The Morgan fingerprint density at radius 2 is 1.93 bits per heavy atom. The summed E-state index contributed by atoms with van der Waals surface area (Å²) < 4.78 is 13.7. The molecule has 150 valence electrons. The van der Waals surface area contributed by atoms with Crippen LogP contribution in [0.3, 0.4) is 0 Å². The summed E-state index contributed by atoms with van der Waals surface area (Å²) in [6.07, 6.45) is 7.25. The predicted octanol–water partition coefficient (Wildman–Crippen LogP) is 5.07. The number of carbonyl (C=O) groups excluding carboxylic acids is 1. The minimum absolute atomic E-state index is 0. The molecular formula is C20H29ClFN3OS. The Kier molecular flexibility index (Phi) is 7.98. The molecule has 0 spiro atoms. The maximum absolute atomic E-state index is 13.7. The van der Waals surface area contributed by atoms with E-state index in [1.807, 2.05) is 7.05 Å². The zero-order chi connectivity index (χ0) is 18.7. The topological polar surface area (TPSA) is 35.9 Å². The SMILES string of the molecule is CC(=O)N(c1cccc(F)c1)C1C(C)SC(=NC2CCCCCC2)N1C.Cl. The van der Waals surface area contributed by atoms with Crippen LogP contribution in [-0.2, 0) is 4.79 Å². The van der Waals surface area contributed by atoms with Crippen molar-refractivity contribution < 1.29 is 9.18 Å². The van der Waals surface area contributed by atoms with Gasteiger partial charge in [0, 0.05) is 24.9 Å². The number of nitrogens with zero attached hydrogens (tertiary/aromatic N) is 3. The first-order chi connectivity index (χ1) is 12.5. The van der Waals surface area contributed by atoms with E-state index in [9.17, 15) is 9.18 Å². The van der Waals surface area contributed by atoms with Gasteiger partial charge in [-0.05, 0) is 38.0 Å². The Labute approximate surface area is 172 Å². The van der Waals surface area contributed by atoms with Gasteiger partial charge in [-0.2, -0.15) is 0 Å². The minimum Gasteiger partial charge on any atom is -0.333 e. The largest absolute Gasteiger partial charge is 0.333 e. The summed E-state index contributed by atoms with van der Waals surface area (Å²) in [5.74, 6) is -0.419. The molecule has 0 bridgehead atoms. The van der Waals surface area contributed by atoms with E-state index in [1.165, 1.54) is 44.7 Å². The molecule has 1 heterocycles. The summed E-state index contributed by atoms with van der Waals surface area (Å²) in [5, 5.41) is 1.16. The van der Waals surface area contributed by atoms with Gasteiger partial charge in [-0.1, -0.05) is 43.5 Å². The molecule has 1 aliphatic carbocycles. The number of amidine groups is 1. The van der Waals surface area contributed by atoms with Crippen LogP contribution in [0.25, 0.3) is 0 Å². The molecule has 1 amide bonds. The standard InChI is InChI=1S/C20H28FN3OS.ClH/c1-14-19(24(15(2)25)18-12-8-9-16(21)13-18)23(3)20(26-14)22-17-10-6-4-5-7-11-17;/h8-9,12-14,17,19H,4-7,10-11H2,1-3H3;1H. The number of aliphatic imine (C=N–C) groups is 1. The summed E-state index contributed by atoms with van der Waals surface area (Å²) in [6.45, 7) is 3.65. The molecular weight excluding hydrogens is 385 g/mol. The van der Waals surface area contributed by atoms with Crippen molar-refractivity contribution in [1.29, 1.82) is 0 Å². The second-order valence-electron chi connectivity index (χ2n) is 7.27. The maximum atomic E-state index is 13.7. The highest BCUT2D eigenvalue weighted by atomic mass is 35.5. The van der Waals surface area contributed by atoms with Gasteiger partial charge in [0.25, 0.3) is 0 Å². The molecule has 1 saturated carbocycles. The van der Waals surface area contributed by atoms with Crippen LogP contribution in [0.4, 0.5) is 10.1 Å². The van der Waals surface area contributed by atoms with Crippen LogP contribution in [0.5, 0.6) is 0 Å². The van der Waals surface area contributed by atoms with Crippen molar-refractivity contribution >= 4 is 40.9 Å². The zero-order valence-corrected chi connectivity index (χ0v) is 17.9. The third-order valence-electron chi connectivity index (χ3n) is 5.22. The first-order valence-electron chi connectivity index (χ1n) is 9.50. The van der Waals surface area contributed by atoms with Gasteiger partial charge < -0.3 is 4.90 Å². The molecule has 2 fully saturated rings. The molecule has 0 radical (unpaired) electrons. The quantitative estimate of drug-likeness (QED) is 0.649. The monoisotopic (exact) mass is 413 g/mol. The Bertz CT molecular complexity index is 679. The second-order valence-corrected chi connectivity index (χ2v) is 8.62. The number of rotatable bonds is 3. The molecule has 0 aromatic heterocycles. The number of halogens is 2. The van der Waals surface area contributed by atoms with Gasteiger partial charge in [0.1, 0.15) is 12.0 Å². The van der Waals surface area contributed by atoms with Crippen molar-refractivity contribution in [3.63, 3.8) is 0 Å². The van der Waals surface area contributed by atoms with Crippen LogP contribution in [-0.4, -0.2) is 40.5 Å². The van der Waals surface area contributed by atoms with Crippen molar-refractivity contribution in [3.8, 4) is 0 Å². The lowest BCUT2D eigenvalue weighted by molar-refractivity contribution is -0.117. The van der Waals surface area contributed by atoms with Gasteiger partial charge in [-0.15, -0.1) is 12.4 Å². The number of benzene rings is 1. The number of carbonyl (C=O) groups is 1. The third-order valence-corrected chi connectivity index (χ3v) is 6.44. The maximum Gasteiger partial charge on any atom is 0.225 e. The fraction of sp³-hybridized carbons (Fsp3) is 0.600. The van der Waals surface area contributed by atoms with Gasteiger partial charge in [0.2, 0.25) is 5.91 Å². The summed E-state index contributed by atoms with van der Waals surface area (Å²) in [7, 11) is 1.99. The zero-order valence-electron chi connectivity index (χ0n) is 16.2. The van der Waals surface area contributed by atoms with E-state index in [-0.39, 0.29) is 35.5 Å². The summed E-state index contributed by atoms with van der Waals surface area (Å²) in [5.41, 5.74) is 0.595. The van der Waals surface area contributed by atoms with Gasteiger partial charge in [0.05, 0.1) is 6.04 Å². The molecule has 27 heavy (non-hydrogen) atoms. The van der Waals surface area contributed by atoms with Crippen LogP contribution in [0.1, 0.15) is 52.4 Å². The Balaban J connectivity index is 0.00000261. The molecule has 2 aliphatic rings. The molecule has 4 nitrogen and oxygen atoms in total. The molecule has 1 aromatic carbocycles. The Morgan fingerprint density at radius 1 is 1.26 bits per heavy atom. The molecule has 2 unspecified atom stereocenters. The number of thioether (sulfide) groups is 1. The van der Waals surface area contributed by atoms with Crippen molar-refractivity contribution in [1.82, 2.24) is 4.90 Å². The minimum atomic E-state index is -0.331. The number of amides is 1. The molecule has 7 heteroatoms. The molecule has 0 N–H and O–H groups in total. The third kappa shape index (κ3) is 5.17. The first-order valence-corrected chi connectivity index (χ1v) is 10.4. The summed E-state index contributed by atoms with van der Waals surface area (Å²) >= 11 is 1.72. The molecule has 1 aliphatic heterocycles. The Morgan fingerprint density at radius 3 is 2.52 bits per heavy atom. The van der Waals surface area contributed by atoms with E-state index < -0.39 is 0 Å². The van der Waals surface area contributed by atoms with Crippen molar-refractivity contribution in [2.75, 3.05) is 11.9 Å². The van der Waals surface area contributed by atoms with E-state index in [4.69, 9.17) is 4.99 Å². The van der Waals surface area contributed by atoms with Crippen LogP contribution in [0.15, 0.2) is 29.3 Å². The molecule has 3 rings (SSSR count). The fourth-order valence-corrected chi connectivity index (χ4v) is 5.18. The smallest absolute Gasteiger partial charge is 0.225 e. The fourth-order valence-electron chi connectivity index (χ4n) is 3.93. The Hall–Kier alpha value is -1.27. The van der Waals surface area contributed by atoms with Crippen LogP contribution >= 0.6 is 24.2 Å². The normalized spacial score (nSPS) is 25.2. The predicted molar refractivity (Wildman–Crippen MR) is 114 cm³/mol. The van der Waals surface area contributed by atoms with E-state index in [2.05, 4.69) is 11.8 Å². The van der Waals surface area contributed by atoms with Crippen molar-refractivity contribution in [3.05, 3.63) is 30.1 Å². The first kappa shape index (κ1) is 22.0. The average Bonchev–Trinajstić information content (AvgIpc) is 2.78. The van der Waals surface area contributed by atoms with Crippen molar-refractivity contribution in [2.45, 2.75) is 69.8 Å². The highest BCUT2D eigenvalue weighted by Gasteiger charge is 2.40. The lowest BCUT2D eigenvalue weighted by atomic mass is 10.1. The average molecular weight is 414 g/mol. The number of hydrogen-bond acceptors (Lipinski definition) is 3. The van der Waals surface area contributed by atoms with Crippen LogP contribution in [0, 0.1) is 5.82 Å². The van der Waals surface area contributed by atoms with Crippen LogP contribution in [0.2, 0.25) is 0 Å². The van der Waals surface area contributed by atoms with E-state index in [1.54, 1.807) is 28.8 Å². The van der Waals surface area contributed by atoms with Crippen LogP contribution < -0.4 is 4.90 Å². The van der Waals surface area contributed by atoms with Crippen molar-refractivity contribution in [2.24, 2.45) is 4.99 Å². The molecule has 1 aromatic rings. The van der Waals surface area contributed by atoms with Gasteiger partial charge in [0.15, 0.2) is 5.17 Å². The lowest BCUT2D eigenvalue weighted by Crippen LogP contribution is -2.50.